The molecule has 1 saturated heterocycles. The maximum atomic E-state index is 12.3. The van der Waals surface area contributed by atoms with E-state index >= 15 is 0 Å². The maximum Gasteiger partial charge on any atom is 0.232 e. The summed E-state index contributed by atoms with van der Waals surface area (Å²) >= 11 is 3.20. The van der Waals surface area contributed by atoms with Gasteiger partial charge in [-0.15, -0.1) is 11.3 Å². The van der Waals surface area contributed by atoms with Gasteiger partial charge in [0.15, 0.2) is 10.3 Å². The Kier molecular flexibility index (Phi) is 3.54. The van der Waals surface area contributed by atoms with E-state index in [9.17, 15) is 4.79 Å². The van der Waals surface area contributed by atoms with Crippen LogP contribution >= 0.6 is 22.7 Å². The van der Waals surface area contributed by atoms with E-state index in [4.69, 9.17) is 0 Å². The SMILES string of the molecule is Cc1nc(NC(=O)C2CN(c3nc4ccccc4s3)C2)sc1C. The minimum atomic E-state index is 0.00604. The van der Waals surface area contributed by atoms with E-state index in [1.165, 1.54) is 16.0 Å². The van der Waals surface area contributed by atoms with Gasteiger partial charge in [-0.1, -0.05) is 23.5 Å². The van der Waals surface area contributed by atoms with Crippen molar-refractivity contribution < 1.29 is 4.79 Å². The third-order valence-electron chi connectivity index (χ3n) is 4.06. The van der Waals surface area contributed by atoms with Crippen LogP contribution in [0.25, 0.3) is 10.2 Å². The van der Waals surface area contributed by atoms with Crippen molar-refractivity contribution in [2.45, 2.75) is 13.8 Å². The lowest BCUT2D eigenvalue weighted by atomic mass is 10.0. The Hall–Kier alpha value is -1.99. The van der Waals surface area contributed by atoms with Gasteiger partial charge in [0.1, 0.15) is 0 Å². The number of aromatic nitrogens is 2. The van der Waals surface area contributed by atoms with Gasteiger partial charge in [-0.2, -0.15) is 0 Å². The number of amides is 1. The molecular formula is C16H16N4OS2. The fourth-order valence-corrected chi connectivity index (χ4v) is 4.33. The number of carbonyl (C=O) groups is 1. The maximum absolute atomic E-state index is 12.3. The molecule has 0 spiro atoms. The molecule has 0 unspecified atom stereocenters. The molecule has 2 aromatic heterocycles. The van der Waals surface area contributed by atoms with Crippen LogP contribution in [0.4, 0.5) is 10.3 Å². The summed E-state index contributed by atoms with van der Waals surface area (Å²) in [4.78, 5) is 24.6. The number of benzene rings is 1. The quantitative estimate of drug-likeness (QED) is 0.791. The lowest BCUT2D eigenvalue weighted by Crippen LogP contribution is -2.52. The molecule has 1 N–H and O–H groups in total. The highest BCUT2D eigenvalue weighted by atomic mass is 32.1. The fraction of sp³-hybridized carbons (Fsp3) is 0.312. The van der Waals surface area contributed by atoms with Crippen LogP contribution in [0, 0.1) is 19.8 Å². The van der Waals surface area contributed by atoms with Crippen LogP contribution in [0.1, 0.15) is 10.6 Å². The first-order chi connectivity index (χ1) is 11.1. The average Bonchev–Trinajstić information content (AvgIpc) is 3.01. The van der Waals surface area contributed by atoms with Gasteiger partial charge >= 0.3 is 0 Å². The molecule has 1 aliphatic rings. The van der Waals surface area contributed by atoms with Crippen LogP contribution in [0.3, 0.4) is 0 Å². The summed E-state index contributed by atoms with van der Waals surface area (Å²) in [6.07, 6.45) is 0. The lowest BCUT2D eigenvalue weighted by molar-refractivity contribution is -0.120. The Morgan fingerprint density at radius 2 is 2.00 bits per heavy atom. The van der Waals surface area contributed by atoms with Crippen molar-refractivity contribution in [3.63, 3.8) is 0 Å². The lowest BCUT2D eigenvalue weighted by Gasteiger charge is -2.37. The topological polar surface area (TPSA) is 58.1 Å². The van der Waals surface area contributed by atoms with Crippen LogP contribution in [-0.4, -0.2) is 29.0 Å². The third kappa shape index (κ3) is 2.70. The molecule has 3 heterocycles. The van der Waals surface area contributed by atoms with Gasteiger partial charge in [0.2, 0.25) is 5.91 Å². The molecule has 0 saturated carbocycles. The zero-order chi connectivity index (χ0) is 16.0. The molecule has 0 aliphatic carbocycles. The summed E-state index contributed by atoms with van der Waals surface area (Å²) in [5, 5.41) is 4.62. The number of fused-ring (bicyclic) bond motifs is 1. The van der Waals surface area contributed by atoms with Gasteiger partial charge in [0.05, 0.1) is 21.8 Å². The second-order valence-corrected chi connectivity index (χ2v) is 7.93. The number of carbonyl (C=O) groups excluding carboxylic acids is 1. The number of thiazole rings is 2. The van der Waals surface area contributed by atoms with Gasteiger partial charge in [-0.05, 0) is 26.0 Å². The molecule has 5 nitrogen and oxygen atoms in total. The van der Waals surface area contributed by atoms with Crippen molar-refractivity contribution >= 4 is 49.1 Å². The van der Waals surface area contributed by atoms with Crippen LogP contribution in [-0.2, 0) is 4.79 Å². The molecule has 4 rings (SSSR count). The van der Waals surface area contributed by atoms with E-state index in [1.807, 2.05) is 32.0 Å². The smallest absolute Gasteiger partial charge is 0.232 e. The van der Waals surface area contributed by atoms with Gasteiger partial charge in [-0.3, -0.25) is 4.79 Å². The first-order valence-corrected chi connectivity index (χ1v) is 9.09. The highest BCUT2D eigenvalue weighted by Crippen LogP contribution is 2.33. The molecular weight excluding hydrogens is 328 g/mol. The predicted octanol–water partition coefficient (Wildman–Crippen LogP) is 3.44. The monoisotopic (exact) mass is 344 g/mol. The second kappa shape index (κ2) is 5.58. The number of para-hydroxylation sites is 1. The molecule has 118 valence electrons. The summed E-state index contributed by atoms with van der Waals surface area (Å²) < 4.78 is 1.18. The molecule has 1 amide bonds. The Labute approximate surface area is 142 Å². The Bertz CT molecular complexity index is 827. The van der Waals surface area contributed by atoms with Crippen LogP contribution in [0.5, 0.6) is 0 Å². The van der Waals surface area contributed by atoms with E-state index in [0.717, 1.165) is 34.3 Å². The molecule has 3 aromatic rings. The standard InChI is InChI=1S/C16H16N4OS2/c1-9-10(2)22-15(17-9)19-14(21)11-7-20(8-11)16-18-12-5-3-4-6-13(12)23-16/h3-6,11H,7-8H2,1-2H3,(H,17,19,21). The summed E-state index contributed by atoms with van der Waals surface area (Å²) in [5.74, 6) is 0.0580. The Balaban J connectivity index is 1.39. The Morgan fingerprint density at radius 3 is 2.70 bits per heavy atom. The van der Waals surface area contributed by atoms with E-state index in [0.29, 0.717) is 5.13 Å². The number of nitrogens with zero attached hydrogens (tertiary/aromatic N) is 3. The summed E-state index contributed by atoms with van der Waals surface area (Å²) in [6.45, 7) is 5.41. The minimum absolute atomic E-state index is 0.00604. The third-order valence-corrected chi connectivity index (χ3v) is 6.15. The normalized spacial score (nSPS) is 15.0. The number of hydrogen-bond donors (Lipinski definition) is 1. The number of rotatable bonds is 3. The van der Waals surface area contributed by atoms with E-state index in [-0.39, 0.29) is 11.8 Å². The predicted molar refractivity (Wildman–Crippen MR) is 95.5 cm³/mol. The van der Waals surface area contributed by atoms with Crippen molar-refractivity contribution in [2.75, 3.05) is 23.3 Å². The van der Waals surface area contributed by atoms with Gasteiger partial charge < -0.3 is 10.2 Å². The van der Waals surface area contributed by atoms with Crippen LogP contribution in [0.15, 0.2) is 24.3 Å². The van der Waals surface area contributed by atoms with E-state index < -0.39 is 0 Å². The molecule has 0 radical (unpaired) electrons. The molecule has 1 fully saturated rings. The van der Waals surface area contributed by atoms with E-state index in [1.54, 1.807) is 11.3 Å². The molecule has 1 aliphatic heterocycles. The van der Waals surface area contributed by atoms with Gasteiger partial charge in [0, 0.05) is 18.0 Å². The van der Waals surface area contributed by atoms with E-state index in [2.05, 4.69) is 26.3 Å². The molecule has 23 heavy (non-hydrogen) atoms. The van der Waals surface area contributed by atoms with Gasteiger partial charge in [0.25, 0.3) is 0 Å². The zero-order valence-electron chi connectivity index (χ0n) is 12.9. The minimum Gasteiger partial charge on any atom is -0.346 e. The van der Waals surface area contributed by atoms with Crippen LogP contribution in [0.2, 0.25) is 0 Å². The second-order valence-electron chi connectivity index (χ2n) is 5.72. The largest absolute Gasteiger partial charge is 0.346 e. The van der Waals surface area contributed by atoms with Gasteiger partial charge in [-0.25, -0.2) is 9.97 Å². The number of hydrogen-bond acceptors (Lipinski definition) is 6. The first-order valence-electron chi connectivity index (χ1n) is 7.45. The molecule has 0 bridgehead atoms. The summed E-state index contributed by atoms with van der Waals surface area (Å²) in [6, 6.07) is 8.12. The van der Waals surface area contributed by atoms with Crippen molar-refractivity contribution in [1.29, 1.82) is 0 Å². The zero-order valence-corrected chi connectivity index (χ0v) is 14.5. The average molecular weight is 344 g/mol. The van der Waals surface area contributed by atoms with Crippen molar-refractivity contribution in [2.24, 2.45) is 5.92 Å². The summed E-state index contributed by atoms with van der Waals surface area (Å²) in [5.41, 5.74) is 2.00. The highest BCUT2D eigenvalue weighted by Gasteiger charge is 2.34. The molecule has 0 atom stereocenters. The number of aryl methyl sites for hydroxylation is 2. The van der Waals surface area contributed by atoms with Crippen molar-refractivity contribution in [3.8, 4) is 0 Å². The Morgan fingerprint density at radius 1 is 1.22 bits per heavy atom. The fourth-order valence-electron chi connectivity index (χ4n) is 2.53. The number of nitrogens with one attached hydrogen (secondary N) is 1. The first kappa shape index (κ1) is 14.6. The molecule has 7 heteroatoms. The van der Waals surface area contributed by atoms with Crippen LogP contribution < -0.4 is 10.2 Å². The number of anilines is 2. The molecule has 1 aromatic carbocycles. The summed E-state index contributed by atoms with van der Waals surface area (Å²) in [7, 11) is 0. The van der Waals surface area contributed by atoms with Crippen molar-refractivity contribution in [1.82, 2.24) is 9.97 Å². The highest BCUT2D eigenvalue weighted by molar-refractivity contribution is 7.22. The van der Waals surface area contributed by atoms with Crippen molar-refractivity contribution in [3.05, 3.63) is 34.8 Å².